The number of nitrogens with zero attached hydrogens (tertiary/aromatic N) is 2. The molecule has 0 aromatic heterocycles. The minimum absolute atomic E-state index is 0.132. The summed E-state index contributed by atoms with van der Waals surface area (Å²) < 4.78 is 21.6. The second-order valence-corrected chi connectivity index (χ2v) is 2.97. The van der Waals surface area contributed by atoms with Crippen molar-refractivity contribution < 1.29 is 8.91 Å². The van der Waals surface area contributed by atoms with Gasteiger partial charge < -0.3 is 4.90 Å². The number of piperazine rings is 1. The van der Waals surface area contributed by atoms with Crippen molar-refractivity contribution in [3.05, 3.63) is 0 Å². The van der Waals surface area contributed by atoms with Crippen LogP contribution in [0.3, 0.4) is 0 Å². The van der Waals surface area contributed by atoms with Crippen LogP contribution in [0.4, 0.5) is 0 Å². The molecule has 1 aliphatic heterocycles. The standard InChI is InChI=1S/C8H16N2O/c1-8(11)7-10-5-3-9(2)4-6-10/h3-7H2,1-2H3/i2D3. The predicted molar refractivity (Wildman–Crippen MR) is 44.6 cm³/mol. The summed E-state index contributed by atoms with van der Waals surface area (Å²) in [5.41, 5.74) is 0. The number of hydrogen-bond donors (Lipinski definition) is 0. The van der Waals surface area contributed by atoms with Crippen molar-refractivity contribution in [1.29, 1.82) is 0 Å². The Bertz CT molecular complexity index is 209. The molecule has 64 valence electrons. The Morgan fingerprint density at radius 2 is 2.09 bits per heavy atom. The van der Waals surface area contributed by atoms with Crippen LogP contribution in [0, 0.1) is 0 Å². The van der Waals surface area contributed by atoms with E-state index in [-0.39, 0.29) is 5.78 Å². The molecule has 0 spiro atoms. The molecular formula is C8H16N2O. The molecule has 1 rings (SSSR count). The lowest BCUT2D eigenvalue weighted by Gasteiger charge is -2.31. The Labute approximate surface area is 72.2 Å². The molecule has 0 N–H and O–H groups in total. The highest BCUT2D eigenvalue weighted by Crippen LogP contribution is 1.97. The smallest absolute Gasteiger partial charge is 0.143 e. The average Bonchev–Trinajstić information content (AvgIpc) is 2.02. The van der Waals surface area contributed by atoms with Gasteiger partial charge in [-0.25, -0.2) is 0 Å². The van der Waals surface area contributed by atoms with Crippen molar-refractivity contribution in [3.63, 3.8) is 0 Å². The number of Topliss-reactive ketones (excluding diaryl/α,β-unsaturated/α-hetero) is 1. The number of likely N-dealkylation sites (N-methyl/N-ethyl adjacent to an activating group) is 1. The topological polar surface area (TPSA) is 23.6 Å². The van der Waals surface area contributed by atoms with E-state index < -0.39 is 6.98 Å². The van der Waals surface area contributed by atoms with E-state index in [2.05, 4.69) is 0 Å². The van der Waals surface area contributed by atoms with E-state index in [1.165, 1.54) is 4.90 Å². The molecule has 0 saturated carbocycles. The first-order valence-corrected chi connectivity index (χ1v) is 3.86. The largest absolute Gasteiger partial charge is 0.304 e. The van der Waals surface area contributed by atoms with Gasteiger partial charge in [0, 0.05) is 30.3 Å². The van der Waals surface area contributed by atoms with Crippen LogP contribution in [0.2, 0.25) is 0 Å². The quantitative estimate of drug-likeness (QED) is 0.558. The summed E-state index contributed by atoms with van der Waals surface area (Å²) in [4.78, 5) is 14.3. The Hall–Kier alpha value is -0.410. The highest BCUT2D eigenvalue weighted by Gasteiger charge is 2.13. The van der Waals surface area contributed by atoms with Gasteiger partial charge in [-0.05, 0) is 13.9 Å². The van der Waals surface area contributed by atoms with E-state index in [4.69, 9.17) is 4.11 Å². The highest BCUT2D eigenvalue weighted by molar-refractivity contribution is 5.77. The maximum absolute atomic E-state index is 10.8. The molecule has 11 heavy (non-hydrogen) atoms. The number of rotatable bonds is 2. The van der Waals surface area contributed by atoms with Crippen molar-refractivity contribution in [1.82, 2.24) is 9.80 Å². The monoisotopic (exact) mass is 159 g/mol. The molecule has 0 unspecified atom stereocenters. The first-order chi connectivity index (χ1) is 6.39. The van der Waals surface area contributed by atoms with E-state index in [1.54, 1.807) is 6.92 Å². The minimum Gasteiger partial charge on any atom is -0.304 e. The van der Waals surface area contributed by atoms with Crippen molar-refractivity contribution in [2.45, 2.75) is 6.92 Å². The summed E-state index contributed by atoms with van der Waals surface area (Å²) >= 11 is 0. The second-order valence-electron chi connectivity index (χ2n) is 2.97. The lowest BCUT2D eigenvalue weighted by Crippen LogP contribution is -2.45. The summed E-state index contributed by atoms with van der Waals surface area (Å²) in [6.45, 7) is 2.37. The number of hydrogen-bond acceptors (Lipinski definition) is 3. The molecule has 0 radical (unpaired) electrons. The van der Waals surface area contributed by atoms with Crippen molar-refractivity contribution in [2.75, 3.05) is 39.7 Å². The van der Waals surface area contributed by atoms with Crippen molar-refractivity contribution >= 4 is 5.78 Å². The van der Waals surface area contributed by atoms with Crippen LogP contribution in [0.5, 0.6) is 0 Å². The minimum atomic E-state index is -1.98. The van der Waals surface area contributed by atoms with Crippen LogP contribution in [0.15, 0.2) is 0 Å². The van der Waals surface area contributed by atoms with E-state index >= 15 is 0 Å². The Balaban J connectivity index is 2.35. The van der Waals surface area contributed by atoms with Gasteiger partial charge in [0.05, 0.1) is 6.54 Å². The maximum Gasteiger partial charge on any atom is 0.143 e. The van der Waals surface area contributed by atoms with Gasteiger partial charge in [0.1, 0.15) is 5.78 Å². The van der Waals surface area contributed by atoms with Crippen LogP contribution < -0.4 is 0 Å². The van der Waals surface area contributed by atoms with Gasteiger partial charge in [-0.1, -0.05) is 0 Å². The van der Waals surface area contributed by atoms with E-state index in [9.17, 15) is 4.79 Å². The summed E-state index contributed by atoms with van der Waals surface area (Å²) in [5, 5.41) is 0. The van der Waals surface area contributed by atoms with Gasteiger partial charge in [0.15, 0.2) is 0 Å². The SMILES string of the molecule is [2H]C([2H])([2H])N1CCN(CC(C)=O)CC1. The normalized spacial score (nSPS) is 27.2. The zero-order chi connectivity index (χ0) is 10.8. The maximum atomic E-state index is 10.8. The van der Waals surface area contributed by atoms with Gasteiger partial charge in [-0.15, -0.1) is 0 Å². The summed E-state index contributed by atoms with van der Waals surface area (Å²) in [6.07, 6.45) is 0. The molecule has 0 aromatic carbocycles. The first-order valence-electron chi connectivity index (χ1n) is 5.36. The van der Waals surface area contributed by atoms with Crippen LogP contribution >= 0.6 is 0 Å². The summed E-state index contributed by atoms with van der Waals surface area (Å²) in [6, 6.07) is 0. The van der Waals surface area contributed by atoms with Crippen LogP contribution in [0.1, 0.15) is 11.0 Å². The second kappa shape index (κ2) is 3.83. The molecule has 1 aliphatic rings. The molecule has 3 nitrogen and oxygen atoms in total. The molecule has 1 saturated heterocycles. The van der Waals surface area contributed by atoms with Gasteiger partial charge >= 0.3 is 0 Å². The Morgan fingerprint density at radius 1 is 1.45 bits per heavy atom. The Morgan fingerprint density at radius 3 is 2.55 bits per heavy atom. The van der Waals surface area contributed by atoms with Crippen molar-refractivity contribution in [3.8, 4) is 0 Å². The van der Waals surface area contributed by atoms with Crippen LogP contribution in [-0.4, -0.2) is 55.3 Å². The van der Waals surface area contributed by atoms with Gasteiger partial charge in [-0.3, -0.25) is 9.69 Å². The zero-order valence-electron chi connectivity index (χ0n) is 9.84. The van der Waals surface area contributed by atoms with E-state index in [1.807, 2.05) is 4.90 Å². The summed E-state index contributed by atoms with van der Waals surface area (Å²) in [7, 11) is 0. The molecule has 0 aliphatic carbocycles. The predicted octanol–water partition coefficient (Wildman–Crippen LogP) is -0.177. The lowest BCUT2D eigenvalue weighted by molar-refractivity contribution is -0.118. The molecule has 0 amide bonds. The third-order valence-corrected chi connectivity index (χ3v) is 1.82. The van der Waals surface area contributed by atoms with E-state index in [0.717, 1.165) is 0 Å². The lowest BCUT2D eigenvalue weighted by atomic mass is 10.3. The van der Waals surface area contributed by atoms with Crippen LogP contribution in [0.25, 0.3) is 0 Å². The molecule has 3 heteroatoms. The van der Waals surface area contributed by atoms with E-state index in [0.29, 0.717) is 32.7 Å². The fourth-order valence-corrected chi connectivity index (χ4v) is 1.22. The Kier molecular flexibility index (Phi) is 1.84. The van der Waals surface area contributed by atoms with Gasteiger partial charge in [-0.2, -0.15) is 0 Å². The number of carbonyl (C=O) groups is 1. The summed E-state index contributed by atoms with van der Waals surface area (Å²) in [5.74, 6) is 0.132. The third kappa shape index (κ3) is 2.99. The molecule has 0 bridgehead atoms. The van der Waals surface area contributed by atoms with Gasteiger partial charge in [0.25, 0.3) is 0 Å². The molecule has 1 fully saturated rings. The van der Waals surface area contributed by atoms with Gasteiger partial charge in [0.2, 0.25) is 0 Å². The first kappa shape index (κ1) is 5.27. The third-order valence-electron chi connectivity index (χ3n) is 1.82. The molecular weight excluding hydrogens is 140 g/mol. The molecule has 0 aromatic rings. The number of ketones is 1. The number of carbonyl (C=O) groups excluding carboxylic acids is 1. The molecule has 1 heterocycles. The fourth-order valence-electron chi connectivity index (χ4n) is 1.22. The van der Waals surface area contributed by atoms with Crippen LogP contribution in [-0.2, 0) is 4.79 Å². The fraction of sp³-hybridized carbons (Fsp3) is 0.875. The van der Waals surface area contributed by atoms with Crippen molar-refractivity contribution in [2.24, 2.45) is 0 Å². The highest BCUT2D eigenvalue weighted by atomic mass is 16.1. The molecule has 0 atom stereocenters. The zero-order valence-corrected chi connectivity index (χ0v) is 6.84. The average molecular weight is 159 g/mol.